The molecule has 0 saturated carbocycles. The van der Waals surface area contributed by atoms with Crippen molar-refractivity contribution in [2.45, 2.75) is 44.3 Å². The summed E-state index contributed by atoms with van der Waals surface area (Å²) in [6.45, 7) is 7.31. The van der Waals surface area contributed by atoms with E-state index < -0.39 is 16.6 Å². The monoisotopic (exact) mass is 560 g/mol. The van der Waals surface area contributed by atoms with Gasteiger partial charge in [-0.05, 0) is 91.1 Å². The van der Waals surface area contributed by atoms with E-state index in [4.69, 9.17) is 9.39 Å². The van der Waals surface area contributed by atoms with Gasteiger partial charge < -0.3 is 14.5 Å². The van der Waals surface area contributed by atoms with Crippen LogP contribution in [0.2, 0.25) is 0 Å². The van der Waals surface area contributed by atoms with E-state index in [9.17, 15) is 15.6 Å². The summed E-state index contributed by atoms with van der Waals surface area (Å²) in [5.41, 5.74) is 5.37. The Balaban J connectivity index is 1.51. The number of hydrogen-bond acceptors (Lipinski definition) is 5. The average molecular weight is 560 g/mol. The first-order valence-electron chi connectivity index (χ1n) is 14.4. The molecule has 43 heavy (non-hydrogen) atoms. The van der Waals surface area contributed by atoms with E-state index >= 15 is 0 Å². The molecule has 0 aromatic heterocycles. The van der Waals surface area contributed by atoms with E-state index in [-0.39, 0.29) is 0 Å². The summed E-state index contributed by atoms with van der Waals surface area (Å²) in [4.78, 5) is 0. The molecule has 1 heterocycles. The summed E-state index contributed by atoms with van der Waals surface area (Å²) in [6, 6.07) is 35.2. The first-order chi connectivity index (χ1) is 20.6. The van der Waals surface area contributed by atoms with Gasteiger partial charge in [0.15, 0.2) is 0 Å². The third-order valence-electron chi connectivity index (χ3n) is 9.38. The number of hydrogen-bond donors (Lipinski definition) is 1. The molecule has 0 fully saturated rings. The summed E-state index contributed by atoms with van der Waals surface area (Å²) in [5.74, 6) is 1.17. The van der Waals surface area contributed by atoms with Crippen molar-refractivity contribution in [2.24, 2.45) is 0 Å². The standard InChI is InChI=1S/C37H29BN2O3/c1-35(2,41)36(3,4)43-38-26-14-13-23-18-28-27-9-5-6-10-29(27)37(31(28)19-24(23)17-26)30-11-7-8-12-33(30)42-34-25(21-40)15-22(20-39)16-32(34)37/h5-19,38,41H,1-4H3. The number of rotatable bonds is 4. The number of fused-ring (bicyclic) bond motifs is 10. The molecule has 0 saturated heterocycles. The number of aliphatic hydroxyl groups is 1. The lowest BCUT2D eigenvalue weighted by Gasteiger charge is -2.39. The molecule has 7 rings (SSSR count). The van der Waals surface area contributed by atoms with Crippen LogP contribution in [0, 0.1) is 22.7 Å². The Morgan fingerprint density at radius 3 is 2.23 bits per heavy atom. The van der Waals surface area contributed by atoms with Crippen molar-refractivity contribution in [1.82, 2.24) is 0 Å². The lowest BCUT2D eigenvalue weighted by atomic mass is 9.65. The molecule has 2 aliphatic rings. The van der Waals surface area contributed by atoms with Gasteiger partial charge in [-0.15, -0.1) is 0 Å². The van der Waals surface area contributed by atoms with Gasteiger partial charge in [0, 0.05) is 11.1 Å². The summed E-state index contributed by atoms with van der Waals surface area (Å²) in [7, 11) is 0.353. The highest BCUT2D eigenvalue weighted by Crippen LogP contribution is 2.63. The fraction of sp³-hybridized carbons (Fsp3) is 0.189. The summed E-state index contributed by atoms with van der Waals surface area (Å²) >= 11 is 0. The van der Waals surface area contributed by atoms with Gasteiger partial charge in [-0.2, -0.15) is 10.5 Å². The van der Waals surface area contributed by atoms with E-state index in [1.165, 1.54) is 0 Å². The van der Waals surface area contributed by atoms with E-state index in [1.54, 1.807) is 19.9 Å². The third kappa shape index (κ3) is 3.85. The summed E-state index contributed by atoms with van der Waals surface area (Å²) in [5, 5.41) is 32.9. The van der Waals surface area contributed by atoms with Crippen LogP contribution in [0.4, 0.5) is 0 Å². The minimum absolute atomic E-state index is 0.337. The van der Waals surface area contributed by atoms with Crippen LogP contribution in [0.25, 0.3) is 21.9 Å². The zero-order valence-corrected chi connectivity index (χ0v) is 24.5. The first-order valence-corrected chi connectivity index (χ1v) is 14.4. The smallest absolute Gasteiger partial charge is 0.309 e. The predicted octanol–water partition coefficient (Wildman–Crippen LogP) is 6.59. The Hall–Kier alpha value is -4.88. The van der Waals surface area contributed by atoms with Gasteiger partial charge in [-0.25, -0.2) is 0 Å². The lowest BCUT2D eigenvalue weighted by molar-refractivity contribution is -0.0893. The Bertz CT molecular complexity index is 2060. The van der Waals surface area contributed by atoms with Crippen molar-refractivity contribution < 1.29 is 14.5 Å². The Morgan fingerprint density at radius 1 is 0.744 bits per heavy atom. The summed E-state index contributed by atoms with van der Waals surface area (Å²) < 4.78 is 12.6. The molecule has 5 aromatic rings. The van der Waals surface area contributed by atoms with Crippen LogP contribution in [0.15, 0.2) is 91.0 Å². The molecular weight excluding hydrogens is 531 g/mol. The van der Waals surface area contributed by atoms with Crippen molar-refractivity contribution in [3.05, 3.63) is 124 Å². The van der Waals surface area contributed by atoms with E-state index in [0.717, 1.165) is 49.6 Å². The number of nitriles is 2. The molecule has 0 bridgehead atoms. The van der Waals surface area contributed by atoms with Gasteiger partial charge in [0.2, 0.25) is 0 Å². The highest BCUT2D eigenvalue weighted by molar-refractivity contribution is 6.47. The Labute approximate surface area is 251 Å². The van der Waals surface area contributed by atoms with Gasteiger partial charge in [-0.3, -0.25) is 0 Å². The van der Waals surface area contributed by atoms with Crippen LogP contribution in [0.1, 0.15) is 61.1 Å². The van der Waals surface area contributed by atoms with Crippen molar-refractivity contribution in [2.75, 3.05) is 0 Å². The fourth-order valence-corrected chi connectivity index (χ4v) is 6.47. The second kappa shape index (κ2) is 9.31. The molecule has 0 amide bonds. The van der Waals surface area contributed by atoms with Gasteiger partial charge >= 0.3 is 7.48 Å². The molecule has 208 valence electrons. The molecular formula is C37H29BN2O3. The SMILES string of the molecule is CC(C)(O)C(C)(C)OBc1ccc2cc3c(cc2c1)C1(c2ccccc2Oc2c(C#N)cc(C#N)cc21)c1ccccc1-3. The molecule has 1 spiro atoms. The van der Waals surface area contributed by atoms with Crippen molar-refractivity contribution >= 4 is 23.7 Å². The van der Waals surface area contributed by atoms with Crippen LogP contribution < -0.4 is 10.2 Å². The van der Waals surface area contributed by atoms with E-state index in [1.807, 2.05) is 44.2 Å². The first kappa shape index (κ1) is 27.0. The topological polar surface area (TPSA) is 86.3 Å². The second-order valence-electron chi connectivity index (χ2n) is 12.5. The maximum absolute atomic E-state index is 10.6. The molecule has 1 atom stereocenters. The minimum atomic E-state index is -1.00. The van der Waals surface area contributed by atoms with Gasteiger partial charge in [0.25, 0.3) is 0 Å². The van der Waals surface area contributed by atoms with E-state index in [2.05, 4.69) is 66.7 Å². The quantitative estimate of drug-likeness (QED) is 0.245. The molecule has 1 aliphatic carbocycles. The van der Waals surface area contributed by atoms with Crippen LogP contribution in [-0.2, 0) is 10.1 Å². The van der Waals surface area contributed by atoms with Crippen LogP contribution in [0.3, 0.4) is 0 Å². The van der Waals surface area contributed by atoms with Gasteiger partial charge in [0.1, 0.15) is 17.6 Å². The molecule has 6 heteroatoms. The number of nitrogens with zero attached hydrogens (tertiary/aromatic N) is 2. The average Bonchev–Trinajstić information content (AvgIpc) is 3.28. The van der Waals surface area contributed by atoms with Crippen LogP contribution in [-0.4, -0.2) is 23.8 Å². The third-order valence-corrected chi connectivity index (χ3v) is 9.38. The molecule has 5 aromatic carbocycles. The highest BCUT2D eigenvalue weighted by Gasteiger charge is 2.52. The molecule has 1 unspecified atom stereocenters. The molecule has 1 N–H and O–H groups in total. The number of para-hydroxylation sites is 1. The van der Waals surface area contributed by atoms with Gasteiger partial charge in [-0.1, -0.05) is 66.1 Å². The van der Waals surface area contributed by atoms with Crippen LogP contribution in [0.5, 0.6) is 11.5 Å². The zero-order chi connectivity index (χ0) is 30.1. The number of ether oxygens (including phenoxy) is 1. The highest BCUT2D eigenvalue weighted by atomic mass is 16.5. The Morgan fingerprint density at radius 2 is 1.49 bits per heavy atom. The van der Waals surface area contributed by atoms with Crippen molar-refractivity contribution in [3.8, 4) is 34.8 Å². The second-order valence-corrected chi connectivity index (χ2v) is 12.5. The largest absolute Gasteiger partial charge is 0.455 e. The maximum Gasteiger partial charge on any atom is 0.309 e. The fourth-order valence-electron chi connectivity index (χ4n) is 6.47. The maximum atomic E-state index is 10.6. The molecule has 5 nitrogen and oxygen atoms in total. The predicted molar refractivity (Wildman–Crippen MR) is 169 cm³/mol. The normalized spacial score (nSPS) is 16.3. The lowest BCUT2D eigenvalue weighted by Crippen LogP contribution is -2.49. The number of benzene rings is 5. The summed E-state index contributed by atoms with van der Waals surface area (Å²) in [6.07, 6.45) is 0. The molecule has 1 aliphatic heterocycles. The van der Waals surface area contributed by atoms with Crippen molar-refractivity contribution in [1.29, 1.82) is 10.5 Å². The van der Waals surface area contributed by atoms with E-state index in [0.29, 0.717) is 30.1 Å². The van der Waals surface area contributed by atoms with Gasteiger partial charge in [0.05, 0.1) is 33.8 Å². The Kier molecular flexibility index (Phi) is 5.85. The van der Waals surface area contributed by atoms with Crippen LogP contribution >= 0.6 is 0 Å². The van der Waals surface area contributed by atoms with Crippen molar-refractivity contribution in [3.63, 3.8) is 0 Å². The minimum Gasteiger partial charge on any atom is -0.455 e. The zero-order valence-electron chi connectivity index (χ0n) is 24.5. The molecule has 0 radical (unpaired) electrons.